The molecule has 2 aromatic rings. The van der Waals surface area contributed by atoms with Crippen LogP contribution in [0.1, 0.15) is 62.8 Å². The first kappa shape index (κ1) is 21.0. The molecule has 0 saturated carbocycles. The molecule has 0 bridgehead atoms. The second kappa shape index (κ2) is 5.93. The summed E-state index contributed by atoms with van der Waals surface area (Å²) in [5.74, 6) is -0.156. The molecule has 0 aliphatic heterocycles. The zero-order valence-electron chi connectivity index (χ0n) is 17.1. The average Bonchev–Trinajstić information content (AvgIpc) is 2.93. The molecule has 162 valence electrons. The van der Waals surface area contributed by atoms with Gasteiger partial charge in [-0.2, -0.15) is 21.6 Å². The summed E-state index contributed by atoms with van der Waals surface area (Å²) >= 11 is 0. The van der Waals surface area contributed by atoms with E-state index in [4.69, 9.17) is 0 Å². The lowest BCUT2D eigenvalue weighted by Crippen LogP contribution is -2.28. The van der Waals surface area contributed by atoms with Crippen LogP contribution in [0.3, 0.4) is 0 Å². The van der Waals surface area contributed by atoms with Crippen LogP contribution in [0, 0.1) is 0 Å². The number of hydrogen-bond donors (Lipinski definition) is 1. The van der Waals surface area contributed by atoms with Gasteiger partial charge in [0, 0.05) is 5.41 Å². The van der Waals surface area contributed by atoms with Crippen LogP contribution in [-0.2, 0) is 26.4 Å². The Kier molecular flexibility index (Phi) is 4.16. The van der Waals surface area contributed by atoms with Crippen LogP contribution in [0.25, 0.3) is 0 Å². The standard InChI is InChI=1S/C22H23F3O4S/c1-19(2)11-21(15-7-5-13(26)9-17(15)19)12-20(3,4)18-10-14(6-8-16(18)21)29-30(27,28)22(23,24)25/h5-10,26H,11-12H2,1-4H3. The number of phenols is 1. The maximum absolute atomic E-state index is 12.7. The molecule has 0 amide bonds. The molecule has 0 aromatic heterocycles. The van der Waals surface area contributed by atoms with Gasteiger partial charge < -0.3 is 9.29 Å². The molecule has 1 N–H and O–H groups in total. The highest BCUT2D eigenvalue weighted by molar-refractivity contribution is 7.88. The van der Waals surface area contributed by atoms with Crippen molar-refractivity contribution in [2.24, 2.45) is 0 Å². The minimum atomic E-state index is -5.73. The van der Waals surface area contributed by atoms with Crippen molar-refractivity contribution in [3.05, 3.63) is 58.7 Å². The number of hydrogen-bond acceptors (Lipinski definition) is 4. The maximum Gasteiger partial charge on any atom is 0.534 e. The molecular weight excluding hydrogens is 417 g/mol. The average molecular weight is 440 g/mol. The minimum absolute atomic E-state index is 0.192. The van der Waals surface area contributed by atoms with Crippen molar-refractivity contribution in [1.82, 2.24) is 0 Å². The molecule has 4 rings (SSSR count). The molecule has 0 heterocycles. The van der Waals surface area contributed by atoms with E-state index in [1.165, 1.54) is 12.1 Å². The first-order valence-corrected chi connectivity index (χ1v) is 11.0. The third kappa shape index (κ3) is 2.91. The molecule has 2 aromatic carbocycles. The summed E-state index contributed by atoms with van der Waals surface area (Å²) in [6.45, 7) is 8.21. The van der Waals surface area contributed by atoms with E-state index >= 15 is 0 Å². The summed E-state index contributed by atoms with van der Waals surface area (Å²) < 4.78 is 65.5. The zero-order chi connectivity index (χ0) is 22.3. The van der Waals surface area contributed by atoms with Crippen LogP contribution in [-0.4, -0.2) is 19.0 Å². The van der Waals surface area contributed by atoms with Gasteiger partial charge in [-0.05, 0) is 70.2 Å². The summed E-state index contributed by atoms with van der Waals surface area (Å²) in [5, 5.41) is 10.0. The summed E-state index contributed by atoms with van der Waals surface area (Å²) in [7, 11) is -5.73. The lowest BCUT2D eigenvalue weighted by molar-refractivity contribution is -0.0500. The topological polar surface area (TPSA) is 63.6 Å². The van der Waals surface area contributed by atoms with Gasteiger partial charge in [0.1, 0.15) is 11.5 Å². The lowest BCUT2D eigenvalue weighted by atomic mass is 9.72. The number of aromatic hydroxyl groups is 1. The predicted octanol–water partition coefficient (Wildman–Crippen LogP) is 5.27. The molecule has 1 unspecified atom stereocenters. The SMILES string of the molecule is CC1(C)CC2(CC(C)(C)c3cc(OS(=O)(=O)C(F)(F)F)ccc32)c2ccc(O)cc21. The van der Waals surface area contributed by atoms with Crippen LogP contribution >= 0.6 is 0 Å². The quantitative estimate of drug-likeness (QED) is 0.511. The molecular formula is C22H23F3O4S. The van der Waals surface area contributed by atoms with Gasteiger partial charge in [-0.3, -0.25) is 0 Å². The Bertz CT molecular complexity index is 1150. The van der Waals surface area contributed by atoms with Crippen LogP contribution in [0.4, 0.5) is 13.2 Å². The Morgan fingerprint density at radius 1 is 0.867 bits per heavy atom. The molecule has 1 spiro atoms. The summed E-state index contributed by atoms with van der Waals surface area (Å²) in [4.78, 5) is 0. The number of benzene rings is 2. The minimum Gasteiger partial charge on any atom is -0.508 e. The highest BCUT2D eigenvalue weighted by Gasteiger charge is 2.56. The Hall–Kier alpha value is -2.22. The predicted molar refractivity (Wildman–Crippen MR) is 106 cm³/mol. The van der Waals surface area contributed by atoms with Gasteiger partial charge in [0.2, 0.25) is 0 Å². The Morgan fingerprint density at radius 3 is 1.90 bits per heavy atom. The van der Waals surface area contributed by atoms with Gasteiger partial charge in [-0.25, -0.2) is 0 Å². The van der Waals surface area contributed by atoms with E-state index in [2.05, 4.69) is 18.0 Å². The number of rotatable bonds is 2. The number of alkyl halides is 3. The molecule has 8 heteroatoms. The second-order valence-corrected chi connectivity index (χ2v) is 11.2. The summed E-state index contributed by atoms with van der Waals surface area (Å²) in [6, 6.07) is 9.74. The van der Waals surface area contributed by atoms with E-state index in [-0.39, 0.29) is 22.3 Å². The van der Waals surface area contributed by atoms with Crippen molar-refractivity contribution >= 4 is 10.1 Å². The number of phenolic OH excluding ortho intramolecular Hbond substituents is 1. The van der Waals surface area contributed by atoms with Crippen molar-refractivity contribution in [1.29, 1.82) is 0 Å². The van der Waals surface area contributed by atoms with Gasteiger partial charge in [-0.1, -0.05) is 39.8 Å². The van der Waals surface area contributed by atoms with E-state index < -0.39 is 21.0 Å². The number of halogens is 3. The highest BCUT2D eigenvalue weighted by Crippen LogP contribution is 2.63. The molecule has 2 aliphatic carbocycles. The molecule has 0 fully saturated rings. The van der Waals surface area contributed by atoms with Crippen molar-refractivity contribution < 1.29 is 30.9 Å². The van der Waals surface area contributed by atoms with E-state index in [0.717, 1.165) is 28.7 Å². The third-order valence-electron chi connectivity index (χ3n) is 6.46. The lowest BCUT2D eigenvalue weighted by Gasteiger charge is -2.30. The van der Waals surface area contributed by atoms with Crippen molar-refractivity contribution in [3.63, 3.8) is 0 Å². The van der Waals surface area contributed by atoms with Gasteiger partial charge in [-0.15, -0.1) is 0 Å². The molecule has 0 radical (unpaired) electrons. The monoisotopic (exact) mass is 440 g/mol. The molecule has 2 aliphatic rings. The van der Waals surface area contributed by atoms with Gasteiger partial charge in [0.15, 0.2) is 0 Å². The Morgan fingerprint density at radius 2 is 1.37 bits per heavy atom. The maximum atomic E-state index is 12.7. The highest BCUT2D eigenvalue weighted by atomic mass is 32.2. The normalized spacial score (nSPS) is 24.0. The van der Waals surface area contributed by atoms with E-state index in [1.54, 1.807) is 18.2 Å². The third-order valence-corrected chi connectivity index (χ3v) is 7.44. The molecule has 1 atom stereocenters. The van der Waals surface area contributed by atoms with Crippen LogP contribution < -0.4 is 4.18 Å². The van der Waals surface area contributed by atoms with E-state index in [1.807, 2.05) is 19.9 Å². The fourth-order valence-corrected chi connectivity index (χ4v) is 5.98. The Balaban J connectivity index is 1.86. The smallest absolute Gasteiger partial charge is 0.508 e. The summed E-state index contributed by atoms with van der Waals surface area (Å²) in [5.41, 5.74) is -2.60. The molecule has 0 saturated heterocycles. The van der Waals surface area contributed by atoms with Crippen LogP contribution in [0.5, 0.6) is 11.5 Å². The van der Waals surface area contributed by atoms with Crippen LogP contribution in [0.15, 0.2) is 36.4 Å². The first-order valence-electron chi connectivity index (χ1n) is 9.59. The fraction of sp³-hybridized carbons (Fsp3) is 0.455. The second-order valence-electron chi connectivity index (χ2n) is 9.62. The van der Waals surface area contributed by atoms with Crippen molar-refractivity contribution in [3.8, 4) is 11.5 Å². The largest absolute Gasteiger partial charge is 0.534 e. The van der Waals surface area contributed by atoms with Crippen LogP contribution in [0.2, 0.25) is 0 Å². The Labute approximate surface area is 173 Å². The zero-order valence-corrected chi connectivity index (χ0v) is 17.9. The molecule has 4 nitrogen and oxygen atoms in total. The van der Waals surface area contributed by atoms with Gasteiger partial charge >= 0.3 is 15.6 Å². The van der Waals surface area contributed by atoms with Crippen molar-refractivity contribution in [2.75, 3.05) is 0 Å². The number of fused-ring (bicyclic) bond motifs is 4. The van der Waals surface area contributed by atoms with E-state index in [0.29, 0.717) is 6.42 Å². The fourth-order valence-electron chi connectivity index (χ4n) is 5.52. The first-order chi connectivity index (χ1) is 13.6. The summed E-state index contributed by atoms with van der Waals surface area (Å²) in [6.07, 6.45) is 1.49. The van der Waals surface area contributed by atoms with Crippen molar-refractivity contribution in [2.45, 2.75) is 62.3 Å². The molecule has 30 heavy (non-hydrogen) atoms. The van der Waals surface area contributed by atoms with E-state index in [9.17, 15) is 26.7 Å². The van der Waals surface area contributed by atoms with Gasteiger partial charge in [0.25, 0.3) is 0 Å². The van der Waals surface area contributed by atoms with Gasteiger partial charge in [0.05, 0.1) is 0 Å².